The Bertz CT molecular complexity index is 971. The Morgan fingerprint density at radius 2 is 2.08 bits per heavy atom. The normalized spacial score (nSPS) is 37.4. The van der Waals surface area contributed by atoms with E-state index in [9.17, 15) is 23.2 Å². The van der Waals surface area contributed by atoms with Gasteiger partial charge in [-0.3, -0.25) is 4.55 Å². The molecule has 0 aromatic heterocycles. The van der Waals surface area contributed by atoms with Crippen molar-refractivity contribution in [1.82, 2.24) is 4.90 Å². The van der Waals surface area contributed by atoms with E-state index in [1.165, 1.54) is 6.92 Å². The van der Waals surface area contributed by atoms with Gasteiger partial charge in [-0.05, 0) is 38.9 Å². The van der Waals surface area contributed by atoms with Gasteiger partial charge in [0.25, 0.3) is 10.1 Å². The quantitative estimate of drug-likeness (QED) is 0.488. The van der Waals surface area contributed by atoms with E-state index in [1.807, 2.05) is 13.1 Å². The van der Waals surface area contributed by atoms with Gasteiger partial charge < -0.3 is 19.8 Å². The number of aromatic hydroxyl groups is 1. The summed E-state index contributed by atoms with van der Waals surface area (Å²) >= 11 is 0. The van der Waals surface area contributed by atoms with Gasteiger partial charge in [0.05, 0.1) is 0 Å². The fourth-order valence-electron chi connectivity index (χ4n) is 5.83. The molecule has 26 heavy (non-hydrogen) atoms. The number of nitrogens with zero attached hydrogens (tertiary/aromatic N) is 1. The maximum Gasteiger partial charge on any atom is 0.295 e. The molecule has 5 atom stereocenters. The number of aliphatic hydroxyl groups is 1. The van der Waals surface area contributed by atoms with Crippen LogP contribution in [0.2, 0.25) is 0 Å². The Hall–Kier alpha value is -1.61. The molecule has 5 rings (SSSR count). The average molecular weight is 379 g/mol. The molecular weight excluding hydrogens is 358 g/mol. The Labute approximate surface area is 151 Å². The number of likely N-dealkylation sites (tertiary alicyclic amines) is 1. The summed E-state index contributed by atoms with van der Waals surface area (Å²) in [6, 6.07) is 0.0430. The van der Waals surface area contributed by atoms with Crippen molar-refractivity contribution < 1.29 is 27.9 Å². The zero-order valence-electron chi connectivity index (χ0n) is 14.5. The number of piperidine rings is 1. The van der Waals surface area contributed by atoms with Crippen LogP contribution in [0.1, 0.15) is 23.1 Å². The highest BCUT2D eigenvalue weighted by Gasteiger charge is 2.65. The van der Waals surface area contributed by atoms with Gasteiger partial charge in [-0.15, -0.1) is 0 Å². The molecule has 0 amide bonds. The monoisotopic (exact) mass is 379 g/mol. The highest BCUT2D eigenvalue weighted by molar-refractivity contribution is 7.86. The number of aliphatic hydroxyl groups excluding tert-OH is 1. The van der Waals surface area contributed by atoms with Crippen molar-refractivity contribution in [2.24, 2.45) is 5.92 Å². The molecular formula is C18H21NO6S. The minimum atomic E-state index is -4.51. The summed E-state index contributed by atoms with van der Waals surface area (Å²) in [7, 11) is -2.51. The number of hydrogen-bond donors (Lipinski definition) is 3. The highest BCUT2D eigenvalue weighted by Crippen LogP contribution is 2.64. The first-order chi connectivity index (χ1) is 12.2. The van der Waals surface area contributed by atoms with Crippen molar-refractivity contribution in [3.8, 4) is 11.5 Å². The summed E-state index contributed by atoms with van der Waals surface area (Å²) in [5, 5.41) is 21.2. The summed E-state index contributed by atoms with van der Waals surface area (Å²) < 4.78 is 40.2. The second-order valence-corrected chi connectivity index (χ2v) is 9.30. The topological polar surface area (TPSA) is 107 Å². The summed E-state index contributed by atoms with van der Waals surface area (Å²) in [6.07, 6.45) is 3.48. The molecule has 1 aromatic rings. The maximum absolute atomic E-state index is 12.2. The van der Waals surface area contributed by atoms with Gasteiger partial charge >= 0.3 is 0 Å². The number of rotatable bonds is 1. The smallest absolute Gasteiger partial charge is 0.295 e. The van der Waals surface area contributed by atoms with E-state index in [4.69, 9.17) is 4.74 Å². The van der Waals surface area contributed by atoms with Crippen molar-refractivity contribution in [2.45, 2.75) is 48.3 Å². The lowest BCUT2D eigenvalue weighted by atomic mass is 9.53. The predicted molar refractivity (Wildman–Crippen MR) is 92.1 cm³/mol. The average Bonchev–Trinajstić information content (AvgIpc) is 2.90. The van der Waals surface area contributed by atoms with Crippen LogP contribution in [0.3, 0.4) is 0 Å². The van der Waals surface area contributed by atoms with Crippen LogP contribution in [0.5, 0.6) is 11.5 Å². The van der Waals surface area contributed by atoms with Crippen molar-refractivity contribution >= 4 is 10.1 Å². The van der Waals surface area contributed by atoms with Crippen molar-refractivity contribution in [3.63, 3.8) is 0 Å². The molecule has 7 nitrogen and oxygen atoms in total. The fourth-order valence-corrected chi connectivity index (χ4v) is 6.81. The lowest BCUT2D eigenvalue weighted by Crippen LogP contribution is -2.64. The molecule has 1 fully saturated rings. The molecule has 2 aliphatic carbocycles. The fraction of sp³-hybridized carbons (Fsp3) is 0.556. The van der Waals surface area contributed by atoms with Crippen LogP contribution in [0, 0.1) is 12.8 Å². The van der Waals surface area contributed by atoms with Gasteiger partial charge in [0.15, 0.2) is 11.5 Å². The molecule has 1 spiro atoms. The Morgan fingerprint density at radius 3 is 2.77 bits per heavy atom. The van der Waals surface area contributed by atoms with Crippen molar-refractivity contribution in [1.29, 1.82) is 0 Å². The number of ether oxygens (including phenoxy) is 1. The van der Waals surface area contributed by atoms with Gasteiger partial charge in [0.2, 0.25) is 0 Å². The van der Waals surface area contributed by atoms with Gasteiger partial charge in [-0.25, -0.2) is 0 Å². The molecule has 3 N–H and O–H groups in total. The van der Waals surface area contributed by atoms with E-state index < -0.39 is 27.7 Å². The molecule has 8 heteroatoms. The first-order valence-electron chi connectivity index (χ1n) is 8.77. The van der Waals surface area contributed by atoms with Gasteiger partial charge in [-0.1, -0.05) is 12.2 Å². The van der Waals surface area contributed by atoms with E-state index in [2.05, 4.69) is 4.90 Å². The van der Waals surface area contributed by atoms with Crippen molar-refractivity contribution in [2.75, 3.05) is 13.6 Å². The number of benzene rings is 1. The second-order valence-electron chi connectivity index (χ2n) is 7.94. The number of hydrogen-bond acceptors (Lipinski definition) is 6. The number of likely N-dealkylation sites (N-methyl/N-ethyl adjacent to an activating group) is 1. The van der Waals surface area contributed by atoms with E-state index in [0.29, 0.717) is 24.0 Å². The predicted octanol–water partition coefficient (Wildman–Crippen LogP) is 0.753. The third-order valence-electron chi connectivity index (χ3n) is 6.88. The second kappa shape index (κ2) is 4.81. The van der Waals surface area contributed by atoms with Gasteiger partial charge in [0, 0.05) is 28.5 Å². The van der Waals surface area contributed by atoms with E-state index in [-0.39, 0.29) is 33.9 Å². The lowest BCUT2D eigenvalue weighted by molar-refractivity contribution is -0.0455. The lowest BCUT2D eigenvalue weighted by Gasteiger charge is -2.56. The molecule has 2 bridgehead atoms. The summed E-state index contributed by atoms with van der Waals surface area (Å²) in [6.45, 7) is 2.26. The standard InChI is InChI=1S/C18H21NO6S/c1-8-14(21)15-13-9(16(8)26(22,23)24)7-11-10-3-4-12(20)17(25-15)18(10,13)5-6-19(11)2/h3-4,10-12,17,20-21H,5-7H2,1-2H3,(H,22,23,24)/t10-,11+,12-,17-,18-/m0/s1. The third kappa shape index (κ3) is 1.71. The third-order valence-corrected chi connectivity index (χ3v) is 7.95. The van der Waals surface area contributed by atoms with Crippen LogP contribution in [0.25, 0.3) is 0 Å². The van der Waals surface area contributed by atoms with Crippen LogP contribution >= 0.6 is 0 Å². The van der Waals surface area contributed by atoms with Gasteiger partial charge in [0.1, 0.15) is 17.1 Å². The molecule has 4 aliphatic rings. The molecule has 1 aromatic carbocycles. The minimum Gasteiger partial charge on any atom is -0.504 e. The molecule has 2 heterocycles. The molecule has 0 radical (unpaired) electrons. The Kier molecular flexibility index (Phi) is 3.06. The molecule has 2 aliphatic heterocycles. The zero-order valence-corrected chi connectivity index (χ0v) is 15.3. The minimum absolute atomic E-state index is 0.0430. The van der Waals surface area contributed by atoms with E-state index >= 15 is 0 Å². The van der Waals surface area contributed by atoms with E-state index in [1.54, 1.807) is 6.08 Å². The van der Waals surface area contributed by atoms with Crippen molar-refractivity contribution in [3.05, 3.63) is 28.8 Å². The van der Waals surface area contributed by atoms with Crippen LogP contribution < -0.4 is 4.74 Å². The van der Waals surface area contributed by atoms with Crippen LogP contribution in [-0.2, 0) is 22.0 Å². The van der Waals surface area contributed by atoms with Crippen LogP contribution in [-0.4, -0.2) is 59.9 Å². The summed E-state index contributed by atoms with van der Waals surface area (Å²) in [5.74, 6) is 0.0638. The highest BCUT2D eigenvalue weighted by atomic mass is 32.2. The summed E-state index contributed by atoms with van der Waals surface area (Å²) in [4.78, 5) is 1.99. The SMILES string of the molecule is Cc1c(O)c2c3c(c1S(=O)(=O)O)C[C@@H]1[C@@H]4C=C[C@H](O)[C@H](O2)[C@]34CCN1C. The Morgan fingerprint density at radius 1 is 1.35 bits per heavy atom. The Balaban J connectivity index is 1.92. The van der Waals surface area contributed by atoms with Crippen LogP contribution in [0.15, 0.2) is 17.0 Å². The first kappa shape index (κ1) is 16.6. The molecule has 0 saturated carbocycles. The van der Waals surface area contributed by atoms with Crippen LogP contribution in [0.4, 0.5) is 0 Å². The zero-order chi connectivity index (χ0) is 18.6. The summed E-state index contributed by atoms with van der Waals surface area (Å²) in [5.41, 5.74) is 0.697. The largest absolute Gasteiger partial charge is 0.504 e. The maximum atomic E-state index is 12.2. The molecule has 140 valence electrons. The number of phenolic OH excluding ortho intramolecular Hbond substituents is 1. The van der Waals surface area contributed by atoms with Gasteiger partial charge in [-0.2, -0.15) is 8.42 Å². The molecule has 0 unspecified atom stereocenters. The number of phenols is 1. The molecule has 1 saturated heterocycles. The first-order valence-corrected chi connectivity index (χ1v) is 10.2. The van der Waals surface area contributed by atoms with E-state index in [0.717, 1.165) is 6.54 Å².